The molecule has 6 nitrogen and oxygen atoms in total. The number of nitrogens with zero attached hydrogens (tertiary/aromatic N) is 2. The number of carbonyl (C=O) groups excluding carboxylic acids is 1. The van der Waals surface area contributed by atoms with Gasteiger partial charge in [0.1, 0.15) is 18.2 Å². The number of benzene rings is 2. The van der Waals surface area contributed by atoms with Crippen LogP contribution in [0.2, 0.25) is 0 Å². The van der Waals surface area contributed by atoms with Crippen LogP contribution in [0.5, 0.6) is 5.75 Å². The van der Waals surface area contributed by atoms with Crippen LogP contribution in [0.3, 0.4) is 0 Å². The molecule has 8 heteroatoms. The molecule has 3 rings (SSSR count). The van der Waals surface area contributed by atoms with Crippen molar-refractivity contribution >= 4 is 28.2 Å². The van der Waals surface area contributed by atoms with Gasteiger partial charge >= 0.3 is 6.03 Å². The number of hydrogen-bond donors (Lipinski definition) is 2. The molecule has 0 aliphatic carbocycles. The van der Waals surface area contributed by atoms with Gasteiger partial charge in [-0.25, -0.2) is 9.18 Å². The molecule has 2 aromatic carbocycles. The van der Waals surface area contributed by atoms with Crippen LogP contribution in [-0.2, 0) is 6.61 Å². The number of aromatic nitrogens is 2. The second-order valence-corrected chi connectivity index (χ2v) is 6.25. The Morgan fingerprint density at radius 3 is 2.52 bits per heavy atom. The van der Waals surface area contributed by atoms with Crippen molar-refractivity contribution in [1.82, 2.24) is 10.2 Å². The minimum atomic E-state index is -0.397. The van der Waals surface area contributed by atoms with Gasteiger partial charge in [0.15, 0.2) is 5.01 Å². The molecule has 1 aromatic heterocycles. The van der Waals surface area contributed by atoms with E-state index >= 15 is 0 Å². The van der Waals surface area contributed by atoms with Crippen molar-refractivity contribution in [3.8, 4) is 5.75 Å². The average Bonchev–Trinajstić information content (AvgIpc) is 3.04. The lowest BCUT2D eigenvalue weighted by Gasteiger charge is -2.05. The van der Waals surface area contributed by atoms with Crippen molar-refractivity contribution in [3.63, 3.8) is 0 Å². The summed E-state index contributed by atoms with van der Waals surface area (Å²) in [6.07, 6.45) is 0. The van der Waals surface area contributed by atoms with Crippen LogP contribution >= 0.6 is 11.3 Å². The maximum atomic E-state index is 12.8. The summed E-state index contributed by atoms with van der Waals surface area (Å²) >= 11 is 1.20. The summed E-state index contributed by atoms with van der Waals surface area (Å²) in [6, 6.07) is 12.8. The van der Waals surface area contributed by atoms with Crippen LogP contribution in [0.15, 0.2) is 48.5 Å². The molecule has 1 heterocycles. The molecule has 0 aliphatic heterocycles. The third kappa shape index (κ3) is 4.98. The first-order chi connectivity index (χ1) is 12.1. The first-order valence-electron chi connectivity index (χ1n) is 7.44. The lowest BCUT2D eigenvalue weighted by molar-refractivity contribution is 0.262. The van der Waals surface area contributed by atoms with Crippen molar-refractivity contribution in [2.45, 2.75) is 13.5 Å². The minimum Gasteiger partial charge on any atom is -0.486 e. The van der Waals surface area contributed by atoms with Crippen LogP contribution in [0.1, 0.15) is 10.6 Å². The van der Waals surface area contributed by atoms with Gasteiger partial charge in [-0.1, -0.05) is 29.0 Å². The molecular formula is C17H15FN4O2S. The zero-order valence-electron chi connectivity index (χ0n) is 13.3. The molecule has 0 atom stereocenters. The van der Waals surface area contributed by atoms with Gasteiger partial charge in [0.25, 0.3) is 0 Å². The van der Waals surface area contributed by atoms with Gasteiger partial charge in [-0.2, -0.15) is 0 Å². The van der Waals surface area contributed by atoms with Crippen molar-refractivity contribution < 1.29 is 13.9 Å². The van der Waals surface area contributed by atoms with E-state index in [1.807, 2.05) is 31.2 Å². The van der Waals surface area contributed by atoms with E-state index in [4.69, 9.17) is 4.74 Å². The number of carbonyl (C=O) groups is 1. The second kappa shape index (κ2) is 7.71. The molecule has 0 unspecified atom stereocenters. The van der Waals surface area contributed by atoms with Gasteiger partial charge in [-0.3, -0.25) is 5.32 Å². The average molecular weight is 358 g/mol. The Morgan fingerprint density at radius 1 is 1.08 bits per heavy atom. The Balaban J connectivity index is 1.51. The SMILES string of the molecule is Cc1ccc(NC(=O)Nc2nnc(COc3ccc(F)cc3)s2)cc1. The third-order valence-electron chi connectivity index (χ3n) is 3.17. The fraction of sp³-hybridized carbons (Fsp3) is 0.118. The van der Waals surface area contributed by atoms with Crippen molar-refractivity contribution in [2.24, 2.45) is 0 Å². The normalized spacial score (nSPS) is 10.3. The quantitative estimate of drug-likeness (QED) is 0.716. The number of anilines is 2. The van der Waals surface area contributed by atoms with Gasteiger partial charge in [-0.15, -0.1) is 10.2 Å². The van der Waals surface area contributed by atoms with E-state index < -0.39 is 6.03 Å². The lowest BCUT2D eigenvalue weighted by Crippen LogP contribution is -2.19. The van der Waals surface area contributed by atoms with E-state index in [-0.39, 0.29) is 12.4 Å². The number of halogens is 1. The molecule has 0 radical (unpaired) electrons. The molecule has 0 spiro atoms. The molecule has 0 aliphatic rings. The monoisotopic (exact) mass is 358 g/mol. The first-order valence-corrected chi connectivity index (χ1v) is 8.25. The fourth-order valence-electron chi connectivity index (χ4n) is 1.93. The van der Waals surface area contributed by atoms with Crippen LogP contribution in [-0.4, -0.2) is 16.2 Å². The Hall–Kier alpha value is -3.00. The highest BCUT2D eigenvalue weighted by atomic mass is 32.1. The summed E-state index contributed by atoms with van der Waals surface area (Å²) in [5.74, 6) is 0.206. The van der Waals surface area contributed by atoms with E-state index in [1.54, 1.807) is 0 Å². The topological polar surface area (TPSA) is 76.1 Å². The number of hydrogen-bond acceptors (Lipinski definition) is 5. The van der Waals surface area contributed by atoms with E-state index in [9.17, 15) is 9.18 Å². The summed E-state index contributed by atoms with van der Waals surface area (Å²) in [5, 5.41) is 14.1. The molecule has 25 heavy (non-hydrogen) atoms. The minimum absolute atomic E-state index is 0.185. The number of ether oxygens (including phenoxy) is 1. The van der Waals surface area contributed by atoms with Crippen molar-refractivity contribution in [2.75, 3.05) is 10.6 Å². The number of nitrogens with one attached hydrogen (secondary N) is 2. The highest BCUT2D eigenvalue weighted by molar-refractivity contribution is 7.15. The third-order valence-corrected chi connectivity index (χ3v) is 3.98. The summed E-state index contributed by atoms with van der Waals surface area (Å²) in [5.41, 5.74) is 1.80. The van der Waals surface area contributed by atoms with E-state index in [1.165, 1.54) is 35.6 Å². The molecule has 3 aromatic rings. The summed E-state index contributed by atoms with van der Waals surface area (Å²) < 4.78 is 18.3. The number of urea groups is 1. The summed E-state index contributed by atoms with van der Waals surface area (Å²) in [7, 11) is 0. The molecular weight excluding hydrogens is 343 g/mol. The van der Waals surface area contributed by atoms with Gasteiger partial charge in [0.05, 0.1) is 0 Å². The maximum absolute atomic E-state index is 12.8. The standard InChI is InChI=1S/C17H15FN4O2S/c1-11-2-6-13(7-3-11)19-16(23)20-17-22-21-15(25-17)10-24-14-8-4-12(18)5-9-14/h2-9H,10H2,1H3,(H2,19,20,22,23). The molecule has 2 amide bonds. The number of aryl methyl sites for hydroxylation is 1. The van der Waals surface area contributed by atoms with Gasteiger partial charge in [0.2, 0.25) is 5.13 Å². The van der Waals surface area contributed by atoms with Gasteiger partial charge in [0, 0.05) is 5.69 Å². The zero-order chi connectivity index (χ0) is 17.6. The Kier molecular flexibility index (Phi) is 5.20. The van der Waals surface area contributed by atoms with Crippen molar-refractivity contribution in [3.05, 3.63) is 64.9 Å². The van der Waals surface area contributed by atoms with E-state index in [2.05, 4.69) is 20.8 Å². The number of rotatable bonds is 5. The Labute approximate surface area is 147 Å². The van der Waals surface area contributed by atoms with Crippen LogP contribution < -0.4 is 15.4 Å². The molecule has 0 bridgehead atoms. The summed E-state index contributed by atoms with van der Waals surface area (Å²) in [6.45, 7) is 2.16. The van der Waals surface area contributed by atoms with E-state index in [0.717, 1.165) is 5.56 Å². The van der Waals surface area contributed by atoms with Crippen LogP contribution in [0, 0.1) is 12.7 Å². The Morgan fingerprint density at radius 2 is 1.80 bits per heavy atom. The lowest BCUT2D eigenvalue weighted by atomic mass is 10.2. The van der Waals surface area contributed by atoms with Gasteiger partial charge < -0.3 is 10.1 Å². The zero-order valence-corrected chi connectivity index (χ0v) is 14.1. The van der Waals surface area contributed by atoms with E-state index in [0.29, 0.717) is 21.6 Å². The smallest absolute Gasteiger partial charge is 0.325 e. The number of amides is 2. The summed E-state index contributed by atoms with van der Waals surface area (Å²) in [4.78, 5) is 11.9. The Bertz CT molecular complexity index is 850. The predicted octanol–water partition coefficient (Wildman–Crippen LogP) is 4.21. The van der Waals surface area contributed by atoms with Crippen LogP contribution in [0.25, 0.3) is 0 Å². The predicted molar refractivity (Wildman–Crippen MR) is 94.5 cm³/mol. The molecule has 0 saturated heterocycles. The molecule has 2 N–H and O–H groups in total. The molecule has 0 saturated carbocycles. The van der Waals surface area contributed by atoms with Gasteiger partial charge in [-0.05, 0) is 43.3 Å². The fourth-order valence-corrected chi connectivity index (χ4v) is 2.58. The first kappa shape index (κ1) is 16.8. The molecule has 0 fully saturated rings. The highest BCUT2D eigenvalue weighted by Crippen LogP contribution is 2.19. The second-order valence-electron chi connectivity index (χ2n) is 5.19. The van der Waals surface area contributed by atoms with Crippen LogP contribution in [0.4, 0.5) is 20.0 Å². The maximum Gasteiger partial charge on any atom is 0.325 e. The van der Waals surface area contributed by atoms with Crippen molar-refractivity contribution in [1.29, 1.82) is 0 Å². The largest absolute Gasteiger partial charge is 0.486 e. The highest BCUT2D eigenvalue weighted by Gasteiger charge is 2.09. The molecule has 128 valence electrons.